The Morgan fingerprint density at radius 2 is 2.00 bits per heavy atom. The van der Waals surface area contributed by atoms with Crippen LogP contribution >= 0.6 is 27.5 Å². The molecule has 0 aliphatic heterocycles. The van der Waals surface area contributed by atoms with Crippen molar-refractivity contribution in [3.05, 3.63) is 61.6 Å². The molecule has 1 atom stereocenters. The SMILES string of the molecule is CCOC(=O)[C@@H](C)Oc1c(Cl)cc(C=Nn2c(C(C)C)nc3ccc(Br)cc3c2=O)cc1OC. The predicted octanol–water partition coefficient (Wildman–Crippen LogP) is 5.16. The van der Waals surface area contributed by atoms with Gasteiger partial charge in [0.1, 0.15) is 5.82 Å². The number of fused-ring (bicyclic) bond motifs is 1. The lowest BCUT2D eigenvalue weighted by Crippen LogP contribution is -2.26. The molecule has 0 aliphatic carbocycles. The molecule has 34 heavy (non-hydrogen) atoms. The maximum Gasteiger partial charge on any atom is 0.347 e. The highest BCUT2D eigenvalue weighted by Crippen LogP contribution is 2.37. The Kier molecular flexibility index (Phi) is 8.33. The Morgan fingerprint density at radius 3 is 2.65 bits per heavy atom. The summed E-state index contributed by atoms with van der Waals surface area (Å²) >= 11 is 9.82. The van der Waals surface area contributed by atoms with Crippen LogP contribution in [-0.2, 0) is 9.53 Å². The molecule has 1 heterocycles. The van der Waals surface area contributed by atoms with Crippen molar-refractivity contribution in [2.45, 2.75) is 39.7 Å². The molecule has 1 aromatic heterocycles. The molecule has 0 saturated carbocycles. The number of hydrogen-bond donors (Lipinski definition) is 0. The lowest BCUT2D eigenvalue weighted by atomic mass is 10.2. The number of halogens is 2. The summed E-state index contributed by atoms with van der Waals surface area (Å²) in [4.78, 5) is 29.7. The minimum Gasteiger partial charge on any atom is -0.493 e. The lowest BCUT2D eigenvalue weighted by Gasteiger charge is -2.17. The molecule has 0 bridgehead atoms. The van der Waals surface area contributed by atoms with Gasteiger partial charge in [0.25, 0.3) is 5.56 Å². The molecule has 0 spiro atoms. The van der Waals surface area contributed by atoms with Gasteiger partial charge >= 0.3 is 5.97 Å². The van der Waals surface area contributed by atoms with Gasteiger partial charge in [-0.1, -0.05) is 41.4 Å². The van der Waals surface area contributed by atoms with E-state index in [1.165, 1.54) is 18.0 Å². The summed E-state index contributed by atoms with van der Waals surface area (Å²) in [5, 5.41) is 5.07. The third-order valence-corrected chi connectivity index (χ3v) is 5.61. The molecule has 10 heteroatoms. The van der Waals surface area contributed by atoms with Gasteiger partial charge in [0.2, 0.25) is 0 Å². The highest BCUT2D eigenvalue weighted by atomic mass is 79.9. The van der Waals surface area contributed by atoms with Gasteiger partial charge in [-0.2, -0.15) is 9.78 Å². The van der Waals surface area contributed by atoms with E-state index in [4.69, 9.17) is 25.8 Å². The van der Waals surface area contributed by atoms with Crippen LogP contribution in [0.15, 0.2) is 44.7 Å². The monoisotopic (exact) mass is 549 g/mol. The molecule has 0 unspecified atom stereocenters. The summed E-state index contributed by atoms with van der Waals surface area (Å²) in [6, 6.07) is 8.60. The van der Waals surface area contributed by atoms with Gasteiger partial charge in [-0.15, -0.1) is 0 Å². The number of benzene rings is 2. The normalized spacial score (nSPS) is 12.4. The molecular formula is C24H25BrClN3O5. The Morgan fingerprint density at radius 1 is 1.26 bits per heavy atom. The first-order valence-electron chi connectivity index (χ1n) is 10.6. The summed E-state index contributed by atoms with van der Waals surface area (Å²) in [5.41, 5.74) is 0.881. The van der Waals surface area contributed by atoms with Gasteiger partial charge in [-0.05, 0) is 49.7 Å². The fraction of sp³-hybridized carbons (Fsp3) is 0.333. The third-order valence-electron chi connectivity index (χ3n) is 4.84. The number of esters is 1. The highest BCUT2D eigenvalue weighted by Gasteiger charge is 2.21. The summed E-state index contributed by atoms with van der Waals surface area (Å²) in [6.07, 6.45) is 0.618. The van der Waals surface area contributed by atoms with E-state index in [2.05, 4.69) is 26.0 Å². The molecule has 3 rings (SSSR count). The van der Waals surface area contributed by atoms with Crippen LogP contribution in [0, 0.1) is 0 Å². The number of aromatic nitrogens is 2. The zero-order chi connectivity index (χ0) is 25.0. The van der Waals surface area contributed by atoms with Gasteiger partial charge in [0.15, 0.2) is 17.6 Å². The average Bonchev–Trinajstić information content (AvgIpc) is 2.79. The molecule has 0 saturated heterocycles. The largest absolute Gasteiger partial charge is 0.493 e. The van der Waals surface area contributed by atoms with E-state index in [9.17, 15) is 9.59 Å². The molecule has 2 aromatic carbocycles. The maximum atomic E-state index is 13.2. The number of nitrogens with zero attached hydrogens (tertiary/aromatic N) is 3. The van der Waals surface area contributed by atoms with Crippen LogP contribution < -0.4 is 15.0 Å². The second kappa shape index (κ2) is 11.0. The number of ether oxygens (including phenoxy) is 3. The first kappa shape index (κ1) is 25.7. The summed E-state index contributed by atoms with van der Waals surface area (Å²) in [7, 11) is 1.46. The van der Waals surface area contributed by atoms with Gasteiger partial charge < -0.3 is 14.2 Å². The van der Waals surface area contributed by atoms with E-state index in [1.54, 1.807) is 38.1 Å². The van der Waals surface area contributed by atoms with Crippen molar-refractivity contribution in [3.8, 4) is 11.5 Å². The van der Waals surface area contributed by atoms with Crippen LogP contribution in [0.2, 0.25) is 5.02 Å². The van der Waals surface area contributed by atoms with Gasteiger partial charge in [0.05, 0.1) is 35.9 Å². The van der Waals surface area contributed by atoms with E-state index in [1.807, 2.05) is 19.9 Å². The van der Waals surface area contributed by atoms with Crippen molar-refractivity contribution < 1.29 is 19.0 Å². The molecule has 3 aromatic rings. The van der Waals surface area contributed by atoms with Gasteiger partial charge in [-0.3, -0.25) is 4.79 Å². The average molecular weight is 551 g/mol. The number of hydrogen-bond acceptors (Lipinski definition) is 7. The van der Waals surface area contributed by atoms with Crippen molar-refractivity contribution in [3.63, 3.8) is 0 Å². The maximum absolute atomic E-state index is 13.2. The molecule has 0 aliphatic rings. The summed E-state index contributed by atoms with van der Waals surface area (Å²) in [5.74, 6) is 0.483. The Balaban J connectivity index is 2.02. The van der Waals surface area contributed by atoms with E-state index in [0.29, 0.717) is 28.0 Å². The molecule has 0 fully saturated rings. The van der Waals surface area contributed by atoms with Crippen LogP contribution in [0.25, 0.3) is 10.9 Å². The van der Waals surface area contributed by atoms with E-state index >= 15 is 0 Å². The molecule has 0 amide bonds. The van der Waals surface area contributed by atoms with Crippen molar-refractivity contribution in [1.29, 1.82) is 0 Å². The van der Waals surface area contributed by atoms with Crippen LogP contribution in [0.3, 0.4) is 0 Å². The molecular weight excluding hydrogens is 526 g/mol. The minimum absolute atomic E-state index is 0.0452. The fourth-order valence-corrected chi connectivity index (χ4v) is 3.81. The van der Waals surface area contributed by atoms with Crippen molar-refractivity contribution in [2.24, 2.45) is 5.10 Å². The Labute approximate surface area is 210 Å². The summed E-state index contributed by atoms with van der Waals surface area (Å²) in [6.45, 7) is 7.40. The van der Waals surface area contributed by atoms with E-state index in [0.717, 1.165) is 4.47 Å². The number of rotatable bonds is 8. The standard InChI is InChI=1S/C24H25BrClN3O5/c1-6-33-24(31)14(4)34-21-18(26)9-15(10-20(21)32-5)12-27-29-22(13(2)3)28-19-8-7-16(25)11-17(19)23(29)30/h7-14H,6H2,1-5H3/t14-/m1/s1. The molecule has 8 nitrogen and oxygen atoms in total. The highest BCUT2D eigenvalue weighted by molar-refractivity contribution is 9.10. The number of methoxy groups -OCH3 is 1. The predicted molar refractivity (Wildman–Crippen MR) is 136 cm³/mol. The quantitative estimate of drug-likeness (QED) is 0.284. The topological polar surface area (TPSA) is 92.0 Å². The van der Waals surface area contributed by atoms with E-state index < -0.39 is 12.1 Å². The molecule has 180 valence electrons. The Bertz CT molecular complexity index is 1310. The first-order valence-corrected chi connectivity index (χ1v) is 11.8. The van der Waals surface area contributed by atoms with Crippen LogP contribution in [0.1, 0.15) is 45.0 Å². The smallest absolute Gasteiger partial charge is 0.347 e. The zero-order valence-electron chi connectivity index (χ0n) is 19.5. The van der Waals surface area contributed by atoms with Crippen LogP contribution in [-0.4, -0.2) is 41.7 Å². The first-order chi connectivity index (χ1) is 16.2. The van der Waals surface area contributed by atoms with Crippen molar-refractivity contribution >= 4 is 50.6 Å². The number of carbonyl (C=O) groups excluding carboxylic acids is 1. The third kappa shape index (κ3) is 5.59. The molecule has 0 N–H and O–H groups in total. The second-order valence-electron chi connectivity index (χ2n) is 7.69. The number of carbonyl (C=O) groups is 1. The molecule has 0 radical (unpaired) electrons. The van der Waals surface area contributed by atoms with Crippen LogP contribution in [0.5, 0.6) is 11.5 Å². The van der Waals surface area contributed by atoms with Gasteiger partial charge in [-0.25, -0.2) is 9.78 Å². The minimum atomic E-state index is -0.874. The summed E-state index contributed by atoms with van der Waals surface area (Å²) < 4.78 is 18.1. The van der Waals surface area contributed by atoms with Crippen LogP contribution in [0.4, 0.5) is 0 Å². The lowest BCUT2D eigenvalue weighted by molar-refractivity contribution is -0.150. The van der Waals surface area contributed by atoms with E-state index in [-0.39, 0.29) is 28.9 Å². The second-order valence-corrected chi connectivity index (χ2v) is 9.02. The fourth-order valence-electron chi connectivity index (χ4n) is 3.19. The zero-order valence-corrected chi connectivity index (χ0v) is 21.8. The Hall–Kier alpha value is -2.91. The van der Waals surface area contributed by atoms with Gasteiger partial charge in [0, 0.05) is 10.4 Å². The van der Waals surface area contributed by atoms with Crippen molar-refractivity contribution in [2.75, 3.05) is 13.7 Å². The van der Waals surface area contributed by atoms with Crippen molar-refractivity contribution in [1.82, 2.24) is 9.66 Å².